The minimum absolute atomic E-state index is 0.00111. The van der Waals surface area contributed by atoms with Crippen molar-refractivity contribution in [2.75, 3.05) is 26.2 Å². The van der Waals surface area contributed by atoms with Gasteiger partial charge in [0, 0.05) is 42.7 Å². The zero-order valence-electron chi connectivity index (χ0n) is 14.9. The highest BCUT2D eigenvalue weighted by molar-refractivity contribution is 7.10. The van der Waals surface area contributed by atoms with Crippen LogP contribution >= 0.6 is 11.3 Å². The Labute approximate surface area is 162 Å². The topological polar surface area (TPSA) is 40.6 Å². The summed E-state index contributed by atoms with van der Waals surface area (Å²) in [5.41, 5.74) is 0.700. The predicted octanol–water partition coefficient (Wildman–Crippen LogP) is 3.90. The molecule has 2 heterocycles. The molecule has 1 saturated heterocycles. The van der Waals surface area contributed by atoms with Gasteiger partial charge in [-0.05, 0) is 40.4 Å². The van der Waals surface area contributed by atoms with Crippen LogP contribution in [-0.4, -0.2) is 47.8 Å². The molecule has 0 unspecified atom stereocenters. The van der Waals surface area contributed by atoms with Gasteiger partial charge < -0.3 is 9.80 Å². The summed E-state index contributed by atoms with van der Waals surface area (Å²) in [4.78, 5) is 29.8. The third-order valence-corrected chi connectivity index (χ3v) is 5.65. The van der Waals surface area contributed by atoms with E-state index in [1.165, 1.54) is 0 Å². The van der Waals surface area contributed by atoms with Crippen LogP contribution in [0.1, 0.15) is 15.2 Å². The van der Waals surface area contributed by atoms with Crippen molar-refractivity contribution < 1.29 is 9.59 Å². The van der Waals surface area contributed by atoms with Crippen LogP contribution < -0.4 is 0 Å². The minimum atomic E-state index is 0.00111. The summed E-state index contributed by atoms with van der Waals surface area (Å²) in [6, 6.07) is 17.8. The number of benzene rings is 2. The van der Waals surface area contributed by atoms with Crippen LogP contribution in [0.4, 0.5) is 0 Å². The molecular formula is C22H20N2O2S. The Hall–Kier alpha value is -2.92. The average molecular weight is 376 g/mol. The predicted molar refractivity (Wildman–Crippen MR) is 110 cm³/mol. The van der Waals surface area contributed by atoms with E-state index in [2.05, 4.69) is 0 Å². The highest BCUT2D eigenvalue weighted by Crippen LogP contribution is 2.18. The summed E-state index contributed by atoms with van der Waals surface area (Å²) in [7, 11) is 0. The van der Waals surface area contributed by atoms with Crippen molar-refractivity contribution in [3.63, 3.8) is 0 Å². The first kappa shape index (κ1) is 17.5. The number of nitrogens with zero attached hydrogens (tertiary/aromatic N) is 2. The van der Waals surface area contributed by atoms with Crippen LogP contribution in [0.15, 0.2) is 66.1 Å². The molecule has 0 bridgehead atoms. The molecule has 27 heavy (non-hydrogen) atoms. The number of piperazine rings is 1. The zero-order valence-corrected chi connectivity index (χ0v) is 15.7. The summed E-state index contributed by atoms with van der Waals surface area (Å²) < 4.78 is 0. The van der Waals surface area contributed by atoms with Crippen LogP contribution in [-0.2, 0) is 4.79 Å². The van der Waals surface area contributed by atoms with Gasteiger partial charge in [0.2, 0.25) is 5.91 Å². The van der Waals surface area contributed by atoms with Gasteiger partial charge in [-0.25, -0.2) is 0 Å². The summed E-state index contributed by atoms with van der Waals surface area (Å²) >= 11 is 1.60. The standard InChI is InChI=1S/C22H20N2O2S/c25-21(10-9-20-6-3-15-27-20)23-11-13-24(14-12-23)22(26)19-8-7-17-4-1-2-5-18(17)16-19/h1-10,15-16H,11-14H2. The van der Waals surface area contributed by atoms with Crippen LogP contribution in [0.2, 0.25) is 0 Å². The molecule has 1 aromatic heterocycles. The smallest absolute Gasteiger partial charge is 0.253 e. The van der Waals surface area contributed by atoms with Gasteiger partial charge in [0.1, 0.15) is 0 Å². The van der Waals surface area contributed by atoms with Gasteiger partial charge in [0.25, 0.3) is 5.91 Å². The van der Waals surface area contributed by atoms with E-state index >= 15 is 0 Å². The van der Waals surface area contributed by atoms with Gasteiger partial charge in [0.05, 0.1) is 0 Å². The first-order chi connectivity index (χ1) is 13.2. The molecule has 3 aromatic rings. The van der Waals surface area contributed by atoms with E-state index in [1.807, 2.05) is 71.0 Å². The lowest BCUT2D eigenvalue weighted by molar-refractivity contribution is -0.127. The molecule has 136 valence electrons. The molecule has 0 spiro atoms. The van der Waals surface area contributed by atoms with Crippen molar-refractivity contribution in [2.45, 2.75) is 0 Å². The maximum atomic E-state index is 12.8. The lowest BCUT2D eigenvalue weighted by Gasteiger charge is -2.34. The normalized spacial score (nSPS) is 14.8. The number of hydrogen-bond donors (Lipinski definition) is 0. The summed E-state index contributed by atoms with van der Waals surface area (Å²) in [6.07, 6.45) is 3.46. The number of hydrogen-bond acceptors (Lipinski definition) is 3. The fourth-order valence-electron chi connectivity index (χ4n) is 3.28. The van der Waals surface area contributed by atoms with E-state index in [9.17, 15) is 9.59 Å². The molecule has 0 atom stereocenters. The fourth-order valence-corrected chi connectivity index (χ4v) is 3.90. The molecule has 2 amide bonds. The van der Waals surface area contributed by atoms with Gasteiger partial charge in [-0.3, -0.25) is 9.59 Å². The number of amides is 2. The Morgan fingerprint density at radius 3 is 2.33 bits per heavy atom. The Balaban J connectivity index is 1.38. The Bertz CT molecular complexity index is 986. The third-order valence-electron chi connectivity index (χ3n) is 4.81. The summed E-state index contributed by atoms with van der Waals surface area (Å²) in [5.74, 6) is 0.0307. The molecule has 1 aliphatic rings. The Morgan fingerprint density at radius 1 is 0.852 bits per heavy atom. The fraction of sp³-hybridized carbons (Fsp3) is 0.182. The Kier molecular flexibility index (Phi) is 5.03. The van der Waals surface area contributed by atoms with Gasteiger partial charge in [-0.1, -0.05) is 36.4 Å². The van der Waals surface area contributed by atoms with Crippen molar-refractivity contribution in [1.29, 1.82) is 0 Å². The number of carbonyl (C=O) groups excluding carboxylic acids is 2. The lowest BCUT2D eigenvalue weighted by atomic mass is 10.1. The van der Waals surface area contributed by atoms with Crippen LogP contribution in [0, 0.1) is 0 Å². The quantitative estimate of drug-likeness (QED) is 0.651. The van der Waals surface area contributed by atoms with Crippen molar-refractivity contribution in [1.82, 2.24) is 9.80 Å². The molecular weight excluding hydrogens is 356 g/mol. The lowest BCUT2D eigenvalue weighted by Crippen LogP contribution is -2.50. The minimum Gasteiger partial charge on any atom is -0.336 e. The van der Waals surface area contributed by atoms with Crippen molar-refractivity contribution in [3.8, 4) is 0 Å². The van der Waals surface area contributed by atoms with E-state index in [1.54, 1.807) is 22.3 Å². The molecule has 0 saturated carbocycles. The van der Waals surface area contributed by atoms with Gasteiger partial charge in [0.15, 0.2) is 0 Å². The molecule has 5 heteroatoms. The number of rotatable bonds is 3. The van der Waals surface area contributed by atoms with Crippen molar-refractivity contribution in [3.05, 3.63) is 76.5 Å². The van der Waals surface area contributed by atoms with Gasteiger partial charge >= 0.3 is 0 Å². The highest BCUT2D eigenvalue weighted by atomic mass is 32.1. The third kappa shape index (κ3) is 3.93. The number of thiophene rings is 1. The van der Waals surface area contributed by atoms with Crippen molar-refractivity contribution >= 4 is 40.0 Å². The van der Waals surface area contributed by atoms with Crippen LogP contribution in [0.25, 0.3) is 16.8 Å². The summed E-state index contributed by atoms with van der Waals surface area (Å²) in [6.45, 7) is 2.24. The molecule has 0 N–H and O–H groups in total. The molecule has 1 fully saturated rings. The molecule has 2 aromatic carbocycles. The SMILES string of the molecule is O=C(C=Cc1cccs1)N1CCN(C(=O)c2ccc3ccccc3c2)CC1. The zero-order chi connectivity index (χ0) is 18.6. The second-order valence-corrected chi connectivity index (χ2v) is 7.51. The van der Waals surface area contributed by atoms with E-state index in [-0.39, 0.29) is 11.8 Å². The second-order valence-electron chi connectivity index (χ2n) is 6.53. The average Bonchev–Trinajstić information content (AvgIpc) is 3.25. The molecule has 4 rings (SSSR count). The molecule has 0 radical (unpaired) electrons. The van der Waals surface area contributed by atoms with E-state index in [0.29, 0.717) is 31.7 Å². The molecule has 1 aliphatic heterocycles. The first-order valence-electron chi connectivity index (χ1n) is 8.99. The number of fused-ring (bicyclic) bond motifs is 1. The first-order valence-corrected chi connectivity index (χ1v) is 9.87. The summed E-state index contributed by atoms with van der Waals surface area (Å²) in [5, 5.41) is 4.18. The highest BCUT2D eigenvalue weighted by Gasteiger charge is 2.24. The maximum absolute atomic E-state index is 12.8. The van der Waals surface area contributed by atoms with Crippen LogP contribution in [0.3, 0.4) is 0 Å². The van der Waals surface area contributed by atoms with Gasteiger partial charge in [-0.2, -0.15) is 0 Å². The molecule has 4 nitrogen and oxygen atoms in total. The Morgan fingerprint density at radius 2 is 1.59 bits per heavy atom. The monoisotopic (exact) mass is 376 g/mol. The molecule has 0 aliphatic carbocycles. The van der Waals surface area contributed by atoms with E-state index < -0.39 is 0 Å². The second kappa shape index (κ2) is 7.76. The maximum Gasteiger partial charge on any atom is 0.253 e. The van der Waals surface area contributed by atoms with E-state index in [4.69, 9.17) is 0 Å². The van der Waals surface area contributed by atoms with Crippen LogP contribution in [0.5, 0.6) is 0 Å². The van der Waals surface area contributed by atoms with Crippen molar-refractivity contribution in [2.24, 2.45) is 0 Å². The number of carbonyl (C=O) groups is 2. The van der Waals surface area contributed by atoms with Gasteiger partial charge in [-0.15, -0.1) is 11.3 Å². The van der Waals surface area contributed by atoms with E-state index in [0.717, 1.165) is 15.6 Å². The largest absolute Gasteiger partial charge is 0.336 e.